The predicted molar refractivity (Wildman–Crippen MR) is 59.5 cm³/mol. The maximum atomic E-state index is 11.7. The first-order chi connectivity index (χ1) is 7.04. The van der Waals surface area contributed by atoms with E-state index in [4.69, 9.17) is 0 Å². The molecule has 4 heteroatoms. The molecular formula is C11H22N2O2. The zero-order valence-electron chi connectivity index (χ0n) is 9.92. The summed E-state index contributed by atoms with van der Waals surface area (Å²) in [7, 11) is 1.87. The highest BCUT2D eigenvalue weighted by Crippen LogP contribution is 2.22. The standard InChI is InChI=1S/C11H22N2O2/c1-9(2)10(15)13-6-4-11(8-14,12-3)5-7-13/h9,12,14H,4-8H2,1-3H3. The molecule has 2 N–H and O–H groups in total. The lowest BCUT2D eigenvalue weighted by atomic mass is 9.88. The smallest absolute Gasteiger partial charge is 0.225 e. The first-order valence-corrected chi connectivity index (χ1v) is 5.63. The van der Waals surface area contributed by atoms with Gasteiger partial charge in [0.05, 0.1) is 6.61 Å². The fraction of sp³-hybridized carbons (Fsp3) is 0.909. The Bertz CT molecular complexity index is 215. The molecule has 1 heterocycles. The Labute approximate surface area is 91.6 Å². The van der Waals surface area contributed by atoms with Gasteiger partial charge in [0, 0.05) is 24.5 Å². The number of nitrogens with one attached hydrogen (secondary N) is 1. The summed E-state index contributed by atoms with van der Waals surface area (Å²) in [6, 6.07) is 0. The summed E-state index contributed by atoms with van der Waals surface area (Å²) in [4.78, 5) is 13.6. The molecule has 1 aliphatic rings. The highest BCUT2D eigenvalue weighted by atomic mass is 16.3. The zero-order valence-corrected chi connectivity index (χ0v) is 9.92. The van der Waals surface area contributed by atoms with Gasteiger partial charge in [0.2, 0.25) is 5.91 Å². The number of amides is 1. The highest BCUT2D eigenvalue weighted by molar-refractivity contribution is 5.78. The molecule has 1 fully saturated rings. The predicted octanol–water partition coefficient (Wildman–Crippen LogP) is 0.215. The number of piperidine rings is 1. The summed E-state index contributed by atoms with van der Waals surface area (Å²) >= 11 is 0. The third-order valence-corrected chi connectivity index (χ3v) is 3.36. The van der Waals surface area contributed by atoms with Crippen LogP contribution in [0.2, 0.25) is 0 Å². The molecule has 4 nitrogen and oxygen atoms in total. The normalized spacial score (nSPS) is 20.7. The van der Waals surface area contributed by atoms with Crippen LogP contribution < -0.4 is 5.32 Å². The molecule has 0 spiro atoms. The molecule has 1 amide bonds. The number of rotatable bonds is 3. The van der Waals surface area contributed by atoms with Crippen LogP contribution >= 0.6 is 0 Å². The van der Waals surface area contributed by atoms with E-state index >= 15 is 0 Å². The first-order valence-electron chi connectivity index (χ1n) is 5.63. The van der Waals surface area contributed by atoms with Gasteiger partial charge in [-0.05, 0) is 19.9 Å². The fourth-order valence-electron chi connectivity index (χ4n) is 2.01. The minimum absolute atomic E-state index is 0.0706. The van der Waals surface area contributed by atoms with E-state index in [0.717, 1.165) is 25.9 Å². The van der Waals surface area contributed by atoms with Gasteiger partial charge in [0.25, 0.3) is 0 Å². The van der Waals surface area contributed by atoms with Crippen molar-refractivity contribution in [3.63, 3.8) is 0 Å². The van der Waals surface area contributed by atoms with Crippen molar-refractivity contribution in [3.05, 3.63) is 0 Å². The number of likely N-dealkylation sites (N-methyl/N-ethyl adjacent to an activating group) is 1. The molecule has 0 radical (unpaired) electrons. The fourth-order valence-corrected chi connectivity index (χ4v) is 2.01. The van der Waals surface area contributed by atoms with Crippen LogP contribution in [0.5, 0.6) is 0 Å². The summed E-state index contributed by atoms with van der Waals surface area (Å²) in [5.41, 5.74) is -0.173. The van der Waals surface area contributed by atoms with E-state index in [-0.39, 0.29) is 24.0 Å². The lowest BCUT2D eigenvalue weighted by Gasteiger charge is -2.41. The van der Waals surface area contributed by atoms with Crippen LogP contribution in [0.4, 0.5) is 0 Å². The molecule has 88 valence electrons. The van der Waals surface area contributed by atoms with E-state index in [1.165, 1.54) is 0 Å². The van der Waals surface area contributed by atoms with E-state index in [1.807, 2.05) is 25.8 Å². The molecule has 0 aliphatic carbocycles. The number of hydrogen-bond donors (Lipinski definition) is 2. The van der Waals surface area contributed by atoms with Gasteiger partial charge in [-0.1, -0.05) is 13.8 Å². The summed E-state index contributed by atoms with van der Waals surface area (Å²) in [5.74, 6) is 0.291. The van der Waals surface area contributed by atoms with Crippen molar-refractivity contribution in [1.82, 2.24) is 10.2 Å². The molecule has 0 bridgehead atoms. The van der Waals surface area contributed by atoms with E-state index in [2.05, 4.69) is 5.32 Å². The highest BCUT2D eigenvalue weighted by Gasteiger charge is 2.34. The third-order valence-electron chi connectivity index (χ3n) is 3.36. The Balaban J connectivity index is 2.52. The van der Waals surface area contributed by atoms with Crippen molar-refractivity contribution in [2.75, 3.05) is 26.7 Å². The van der Waals surface area contributed by atoms with Crippen molar-refractivity contribution < 1.29 is 9.90 Å². The van der Waals surface area contributed by atoms with Crippen molar-refractivity contribution in [2.24, 2.45) is 5.92 Å². The molecule has 0 aromatic rings. The summed E-state index contributed by atoms with van der Waals surface area (Å²) in [5, 5.41) is 12.5. The maximum Gasteiger partial charge on any atom is 0.225 e. The zero-order chi connectivity index (χ0) is 11.5. The van der Waals surface area contributed by atoms with Crippen molar-refractivity contribution in [3.8, 4) is 0 Å². The Hall–Kier alpha value is -0.610. The average Bonchev–Trinajstić information content (AvgIpc) is 2.28. The molecule has 1 saturated heterocycles. The van der Waals surface area contributed by atoms with E-state index in [9.17, 15) is 9.90 Å². The summed E-state index contributed by atoms with van der Waals surface area (Å²) in [6.07, 6.45) is 1.66. The first kappa shape index (κ1) is 12.5. The third kappa shape index (κ3) is 2.69. The summed E-state index contributed by atoms with van der Waals surface area (Å²) in [6.45, 7) is 5.49. The Morgan fingerprint density at radius 2 is 2.00 bits per heavy atom. The van der Waals surface area contributed by atoms with E-state index < -0.39 is 0 Å². The van der Waals surface area contributed by atoms with Gasteiger partial charge in [-0.25, -0.2) is 0 Å². The Kier molecular flexibility index (Phi) is 4.11. The summed E-state index contributed by atoms with van der Waals surface area (Å²) < 4.78 is 0. The molecule has 0 unspecified atom stereocenters. The second-order valence-corrected chi connectivity index (χ2v) is 4.67. The monoisotopic (exact) mass is 214 g/mol. The molecule has 0 saturated carbocycles. The number of nitrogens with zero attached hydrogens (tertiary/aromatic N) is 1. The number of hydrogen-bond acceptors (Lipinski definition) is 3. The second kappa shape index (κ2) is 4.94. The van der Waals surface area contributed by atoms with Crippen LogP contribution in [0.15, 0.2) is 0 Å². The largest absolute Gasteiger partial charge is 0.394 e. The van der Waals surface area contributed by atoms with Crippen molar-refractivity contribution in [2.45, 2.75) is 32.2 Å². The average molecular weight is 214 g/mol. The van der Waals surface area contributed by atoms with Gasteiger partial charge < -0.3 is 15.3 Å². The Morgan fingerprint density at radius 1 is 1.47 bits per heavy atom. The minimum Gasteiger partial charge on any atom is -0.394 e. The molecule has 0 aromatic carbocycles. The van der Waals surface area contributed by atoms with Crippen LogP contribution in [-0.2, 0) is 4.79 Å². The van der Waals surface area contributed by atoms with E-state index in [0.29, 0.717) is 0 Å². The van der Waals surface area contributed by atoms with Gasteiger partial charge >= 0.3 is 0 Å². The van der Waals surface area contributed by atoms with Crippen LogP contribution in [-0.4, -0.2) is 48.2 Å². The van der Waals surface area contributed by atoms with Gasteiger partial charge in [-0.3, -0.25) is 4.79 Å². The van der Waals surface area contributed by atoms with Gasteiger partial charge in [0.1, 0.15) is 0 Å². The number of carbonyl (C=O) groups is 1. The minimum atomic E-state index is -0.173. The molecule has 1 rings (SSSR count). The van der Waals surface area contributed by atoms with Gasteiger partial charge in [-0.15, -0.1) is 0 Å². The number of aliphatic hydroxyl groups excluding tert-OH is 1. The van der Waals surface area contributed by atoms with Crippen molar-refractivity contribution in [1.29, 1.82) is 0 Å². The molecule has 0 aromatic heterocycles. The number of aliphatic hydroxyl groups is 1. The van der Waals surface area contributed by atoms with Crippen LogP contribution in [0, 0.1) is 5.92 Å². The molecule has 0 atom stereocenters. The maximum absolute atomic E-state index is 11.7. The number of carbonyl (C=O) groups excluding carboxylic acids is 1. The van der Waals surface area contributed by atoms with Crippen LogP contribution in [0.1, 0.15) is 26.7 Å². The molecule has 15 heavy (non-hydrogen) atoms. The second-order valence-electron chi connectivity index (χ2n) is 4.67. The van der Waals surface area contributed by atoms with Gasteiger partial charge in [0.15, 0.2) is 0 Å². The number of likely N-dealkylation sites (tertiary alicyclic amines) is 1. The SMILES string of the molecule is CNC1(CO)CCN(C(=O)C(C)C)CC1. The van der Waals surface area contributed by atoms with Crippen LogP contribution in [0.3, 0.4) is 0 Å². The quantitative estimate of drug-likeness (QED) is 0.706. The lowest BCUT2D eigenvalue weighted by molar-refractivity contribution is -0.136. The Morgan fingerprint density at radius 3 is 2.33 bits per heavy atom. The van der Waals surface area contributed by atoms with Gasteiger partial charge in [-0.2, -0.15) is 0 Å². The van der Waals surface area contributed by atoms with Crippen molar-refractivity contribution >= 4 is 5.91 Å². The lowest BCUT2D eigenvalue weighted by Crippen LogP contribution is -2.55. The molecular weight excluding hydrogens is 192 g/mol. The molecule has 1 aliphatic heterocycles. The van der Waals surface area contributed by atoms with E-state index in [1.54, 1.807) is 0 Å². The topological polar surface area (TPSA) is 52.6 Å². The van der Waals surface area contributed by atoms with Crippen LogP contribution in [0.25, 0.3) is 0 Å².